The molecule has 0 saturated heterocycles. The first kappa shape index (κ1) is 8.92. The summed E-state index contributed by atoms with van der Waals surface area (Å²) in [6.07, 6.45) is 0. The van der Waals surface area contributed by atoms with Crippen LogP contribution >= 0.6 is 11.6 Å². The van der Waals surface area contributed by atoms with Gasteiger partial charge >= 0.3 is 0 Å². The molecule has 0 atom stereocenters. The van der Waals surface area contributed by atoms with Crippen LogP contribution in [0.5, 0.6) is 5.75 Å². The Hall–Kier alpha value is -1.17. The molecule has 2 nitrogen and oxygen atoms in total. The summed E-state index contributed by atoms with van der Waals surface area (Å²) in [6.45, 7) is -0.216. The summed E-state index contributed by atoms with van der Waals surface area (Å²) in [7, 11) is 0. The number of rotatable bonds is 0. The summed E-state index contributed by atoms with van der Waals surface area (Å²) in [5.41, 5.74) is 0.519. The minimum Gasteiger partial charge on any atom is -0.506 e. The molecule has 0 saturated carbocycles. The van der Waals surface area contributed by atoms with Crippen molar-refractivity contribution in [2.24, 2.45) is 0 Å². The fraction of sp³-hybridized carbons (Fsp3) is 0.111. The third-order valence-corrected chi connectivity index (χ3v) is 1.68. The largest absolute Gasteiger partial charge is 0.506 e. The minimum absolute atomic E-state index is 0.00130. The third-order valence-electron chi connectivity index (χ3n) is 1.28. The van der Waals surface area contributed by atoms with Gasteiger partial charge in [-0.2, -0.15) is 0 Å². The number of phenolic OH excluding ortho intramolecular Hbond substituents is 1. The van der Waals surface area contributed by atoms with E-state index >= 15 is 0 Å². The first-order valence-corrected chi connectivity index (χ1v) is 3.70. The minimum atomic E-state index is -0.216. The molecule has 0 unspecified atom stereocenters. The van der Waals surface area contributed by atoms with Gasteiger partial charge in [0.25, 0.3) is 0 Å². The molecule has 12 heavy (non-hydrogen) atoms. The average molecular weight is 183 g/mol. The molecule has 0 aliphatic carbocycles. The normalized spacial score (nSPS) is 8.83. The Kier molecular flexibility index (Phi) is 2.98. The van der Waals surface area contributed by atoms with E-state index in [0.717, 1.165) is 0 Å². The molecular weight excluding hydrogens is 176 g/mol. The standard InChI is InChI=1S/C9H7ClO2/c10-9-7(4-2-6-11)3-1-5-8(9)12/h1,3,5,11-12H,6H2. The van der Waals surface area contributed by atoms with Crippen molar-refractivity contribution < 1.29 is 10.2 Å². The van der Waals surface area contributed by atoms with E-state index in [1.807, 2.05) is 0 Å². The predicted molar refractivity (Wildman–Crippen MR) is 47.1 cm³/mol. The fourth-order valence-corrected chi connectivity index (χ4v) is 0.924. The number of aliphatic hydroxyl groups is 1. The second-order valence-electron chi connectivity index (χ2n) is 2.10. The molecular formula is C9H7ClO2. The highest BCUT2D eigenvalue weighted by Gasteiger charge is 2.00. The number of hydrogen-bond donors (Lipinski definition) is 2. The van der Waals surface area contributed by atoms with Crippen molar-refractivity contribution in [2.45, 2.75) is 0 Å². The third kappa shape index (κ3) is 1.91. The van der Waals surface area contributed by atoms with Crippen molar-refractivity contribution in [3.63, 3.8) is 0 Å². The highest BCUT2D eigenvalue weighted by Crippen LogP contribution is 2.25. The highest BCUT2D eigenvalue weighted by atomic mass is 35.5. The van der Waals surface area contributed by atoms with Gasteiger partial charge in [-0.15, -0.1) is 0 Å². The Bertz CT molecular complexity index is 336. The topological polar surface area (TPSA) is 40.5 Å². The summed E-state index contributed by atoms with van der Waals surface area (Å²) < 4.78 is 0. The van der Waals surface area contributed by atoms with Crippen LogP contribution in [0.1, 0.15) is 5.56 Å². The molecule has 1 aromatic carbocycles. The van der Waals surface area contributed by atoms with Gasteiger partial charge in [-0.25, -0.2) is 0 Å². The van der Waals surface area contributed by atoms with Gasteiger partial charge in [-0.3, -0.25) is 0 Å². The number of hydrogen-bond acceptors (Lipinski definition) is 2. The van der Waals surface area contributed by atoms with Crippen molar-refractivity contribution in [3.05, 3.63) is 28.8 Å². The second-order valence-corrected chi connectivity index (χ2v) is 2.48. The zero-order valence-electron chi connectivity index (χ0n) is 6.21. The van der Waals surface area contributed by atoms with Crippen LogP contribution in [-0.4, -0.2) is 16.8 Å². The van der Waals surface area contributed by atoms with Crippen molar-refractivity contribution in [1.82, 2.24) is 0 Å². The zero-order chi connectivity index (χ0) is 8.97. The monoisotopic (exact) mass is 182 g/mol. The summed E-state index contributed by atoms with van der Waals surface area (Å²) in [5, 5.41) is 17.8. The SMILES string of the molecule is OCC#Cc1cccc(O)c1Cl. The van der Waals surface area contributed by atoms with E-state index in [9.17, 15) is 0 Å². The molecule has 1 rings (SSSR count). The number of aliphatic hydroxyl groups excluding tert-OH is 1. The van der Waals surface area contributed by atoms with Crippen molar-refractivity contribution >= 4 is 11.6 Å². The molecule has 0 radical (unpaired) electrons. The lowest BCUT2D eigenvalue weighted by molar-refractivity contribution is 0.350. The summed E-state index contributed by atoms with van der Waals surface area (Å²) in [5.74, 6) is 5.06. The van der Waals surface area contributed by atoms with Crippen LogP contribution in [0.15, 0.2) is 18.2 Å². The molecule has 62 valence electrons. The first-order chi connectivity index (χ1) is 5.75. The molecule has 3 heteroatoms. The van der Waals surface area contributed by atoms with Crippen LogP contribution in [-0.2, 0) is 0 Å². The maximum atomic E-state index is 9.14. The molecule has 1 aromatic rings. The number of phenols is 1. The maximum Gasteiger partial charge on any atom is 0.135 e. The van der Waals surface area contributed by atoms with E-state index < -0.39 is 0 Å². The Morgan fingerprint density at radius 1 is 1.42 bits per heavy atom. The van der Waals surface area contributed by atoms with E-state index in [4.69, 9.17) is 21.8 Å². The van der Waals surface area contributed by atoms with Gasteiger partial charge in [0.15, 0.2) is 0 Å². The van der Waals surface area contributed by atoms with Crippen molar-refractivity contribution in [1.29, 1.82) is 0 Å². The van der Waals surface area contributed by atoms with Crippen LogP contribution in [0.25, 0.3) is 0 Å². The van der Waals surface area contributed by atoms with Crippen molar-refractivity contribution in [3.8, 4) is 17.6 Å². The molecule has 0 spiro atoms. The lowest BCUT2D eigenvalue weighted by Gasteiger charge is -1.97. The molecule has 0 bridgehead atoms. The fourth-order valence-electron chi connectivity index (χ4n) is 0.751. The molecule has 2 N–H and O–H groups in total. The summed E-state index contributed by atoms with van der Waals surface area (Å²) in [6, 6.07) is 4.79. The molecule has 0 fully saturated rings. The van der Waals surface area contributed by atoms with Gasteiger partial charge in [-0.1, -0.05) is 29.5 Å². The first-order valence-electron chi connectivity index (χ1n) is 3.33. The predicted octanol–water partition coefficient (Wildman–Crippen LogP) is 1.39. The van der Waals surface area contributed by atoms with Gasteiger partial charge in [0.1, 0.15) is 12.4 Å². The van der Waals surface area contributed by atoms with Crippen LogP contribution in [0, 0.1) is 11.8 Å². The van der Waals surface area contributed by atoms with E-state index in [0.29, 0.717) is 5.56 Å². The second kappa shape index (κ2) is 4.01. The van der Waals surface area contributed by atoms with E-state index in [1.165, 1.54) is 6.07 Å². The smallest absolute Gasteiger partial charge is 0.135 e. The Morgan fingerprint density at radius 3 is 2.83 bits per heavy atom. The van der Waals surface area contributed by atoms with Crippen molar-refractivity contribution in [2.75, 3.05) is 6.61 Å². The summed E-state index contributed by atoms with van der Waals surface area (Å²) in [4.78, 5) is 0. The molecule has 0 aromatic heterocycles. The van der Waals surface area contributed by atoms with Gasteiger partial charge in [0.05, 0.1) is 5.02 Å². The quantitative estimate of drug-likeness (QED) is 0.596. The van der Waals surface area contributed by atoms with E-state index in [2.05, 4.69) is 11.8 Å². The molecule has 0 heterocycles. The number of halogens is 1. The summed E-state index contributed by atoms with van der Waals surface area (Å²) >= 11 is 5.69. The highest BCUT2D eigenvalue weighted by molar-refractivity contribution is 6.33. The van der Waals surface area contributed by atoms with Gasteiger partial charge in [0.2, 0.25) is 0 Å². The van der Waals surface area contributed by atoms with Gasteiger partial charge in [0, 0.05) is 5.56 Å². The molecule has 0 aliphatic heterocycles. The van der Waals surface area contributed by atoms with Gasteiger partial charge < -0.3 is 10.2 Å². The molecule has 0 aliphatic rings. The molecule has 0 amide bonds. The number of aromatic hydroxyl groups is 1. The van der Waals surface area contributed by atoms with Crippen LogP contribution in [0.2, 0.25) is 5.02 Å². The lowest BCUT2D eigenvalue weighted by Crippen LogP contribution is -1.78. The lowest BCUT2D eigenvalue weighted by atomic mass is 10.2. The van der Waals surface area contributed by atoms with Gasteiger partial charge in [-0.05, 0) is 12.1 Å². The number of benzene rings is 1. The van der Waals surface area contributed by atoms with E-state index in [-0.39, 0.29) is 17.4 Å². The Balaban J connectivity index is 3.08. The Morgan fingerprint density at radius 2 is 2.17 bits per heavy atom. The van der Waals surface area contributed by atoms with Crippen LogP contribution in [0.4, 0.5) is 0 Å². The zero-order valence-corrected chi connectivity index (χ0v) is 6.97. The van der Waals surface area contributed by atoms with E-state index in [1.54, 1.807) is 12.1 Å². The average Bonchev–Trinajstić information content (AvgIpc) is 2.08. The van der Waals surface area contributed by atoms with Crippen LogP contribution < -0.4 is 0 Å². The van der Waals surface area contributed by atoms with Crippen LogP contribution in [0.3, 0.4) is 0 Å². The Labute approximate surface area is 75.4 Å². The maximum absolute atomic E-state index is 9.14.